The van der Waals surface area contributed by atoms with Gasteiger partial charge in [0.1, 0.15) is 6.54 Å². The third kappa shape index (κ3) is 4.56. The van der Waals surface area contributed by atoms with E-state index in [4.69, 9.17) is 21.2 Å². The van der Waals surface area contributed by atoms with Crippen LogP contribution in [0.2, 0.25) is 5.02 Å². The highest BCUT2D eigenvalue weighted by Crippen LogP contribution is 2.24. The summed E-state index contributed by atoms with van der Waals surface area (Å²) in [7, 11) is 0. The van der Waals surface area contributed by atoms with Crippen LogP contribution in [0.4, 0.5) is 0 Å². The molecule has 6 nitrogen and oxygen atoms in total. The maximum atomic E-state index is 12.4. The maximum absolute atomic E-state index is 12.4. The standard InChI is InChI=1S/C16H17ClN2O4/c1-10(2)8-19(9-15(20)21)16(22)13-7-14(23-18-13)11-4-3-5-12(17)6-11/h3-7,10H,8-9H2,1-2H3,(H,20,21). The van der Waals surface area contributed by atoms with Crippen LogP contribution in [0.1, 0.15) is 24.3 Å². The van der Waals surface area contributed by atoms with Gasteiger partial charge in [0.25, 0.3) is 5.91 Å². The Morgan fingerprint density at radius 3 is 2.70 bits per heavy atom. The van der Waals surface area contributed by atoms with Crippen LogP contribution in [0.25, 0.3) is 11.3 Å². The quantitative estimate of drug-likeness (QED) is 0.875. The molecule has 1 heterocycles. The first kappa shape index (κ1) is 17.0. The fourth-order valence-corrected chi connectivity index (χ4v) is 2.33. The molecular formula is C16H17ClN2O4. The Balaban J connectivity index is 2.23. The van der Waals surface area contributed by atoms with Gasteiger partial charge in [0.05, 0.1) is 0 Å². The SMILES string of the molecule is CC(C)CN(CC(=O)O)C(=O)c1cc(-c2cccc(Cl)c2)on1. The van der Waals surface area contributed by atoms with Gasteiger partial charge < -0.3 is 14.5 Å². The van der Waals surface area contributed by atoms with Crippen LogP contribution in [0.3, 0.4) is 0 Å². The summed E-state index contributed by atoms with van der Waals surface area (Å²) in [5.41, 5.74) is 0.763. The summed E-state index contributed by atoms with van der Waals surface area (Å²) in [5, 5.41) is 13.3. The molecule has 1 amide bonds. The Kier molecular flexibility index (Phi) is 5.39. The van der Waals surface area contributed by atoms with Gasteiger partial charge in [-0.15, -0.1) is 0 Å². The number of carboxylic acids is 1. The highest BCUT2D eigenvalue weighted by Gasteiger charge is 2.23. The topological polar surface area (TPSA) is 83.6 Å². The van der Waals surface area contributed by atoms with E-state index in [0.717, 1.165) is 0 Å². The number of benzene rings is 1. The number of hydrogen-bond acceptors (Lipinski definition) is 4. The average molecular weight is 337 g/mol. The number of amides is 1. The number of aromatic nitrogens is 1. The Morgan fingerprint density at radius 1 is 1.35 bits per heavy atom. The van der Waals surface area contributed by atoms with Crippen molar-refractivity contribution in [2.45, 2.75) is 13.8 Å². The van der Waals surface area contributed by atoms with E-state index < -0.39 is 11.9 Å². The van der Waals surface area contributed by atoms with E-state index in [9.17, 15) is 9.59 Å². The van der Waals surface area contributed by atoms with Crippen LogP contribution in [0.5, 0.6) is 0 Å². The molecule has 23 heavy (non-hydrogen) atoms. The molecule has 0 aliphatic rings. The predicted molar refractivity (Wildman–Crippen MR) is 85.3 cm³/mol. The molecular weight excluding hydrogens is 320 g/mol. The molecule has 0 atom stereocenters. The van der Waals surface area contributed by atoms with Gasteiger partial charge in [0, 0.05) is 23.2 Å². The van der Waals surface area contributed by atoms with Gasteiger partial charge in [-0.3, -0.25) is 9.59 Å². The van der Waals surface area contributed by atoms with Crippen molar-refractivity contribution in [2.24, 2.45) is 5.92 Å². The molecule has 1 aromatic carbocycles. The molecule has 0 saturated heterocycles. The number of carbonyl (C=O) groups is 2. The second kappa shape index (κ2) is 7.28. The fraction of sp³-hybridized carbons (Fsp3) is 0.312. The largest absolute Gasteiger partial charge is 0.480 e. The highest BCUT2D eigenvalue weighted by molar-refractivity contribution is 6.30. The van der Waals surface area contributed by atoms with Gasteiger partial charge >= 0.3 is 5.97 Å². The number of hydrogen-bond donors (Lipinski definition) is 1. The number of carboxylic acid groups (broad SMARTS) is 1. The number of rotatable bonds is 6. The zero-order chi connectivity index (χ0) is 17.0. The van der Waals surface area contributed by atoms with Crippen molar-refractivity contribution < 1.29 is 19.2 Å². The van der Waals surface area contributed by atoms with Crippen molar-refractivity contribution >= 4 is 23.5 Å². The summed E-state index contributed by atoms with van der Waals surface area (Å²) in [6, 6.07) is 8.45. The Labute approximate surface area is 138 Å². The van der Waals surface area contributed by atoms with Crippen molar-refractivity contribution in [1.29, 1.82) is 0 Å². The zero-order valence-electron chi connectivity index (χ0n) is 12.8. The van der Waals surface area contributed by atoms with E-state index in [2.05, 4.69) is 5.16 Å². The van der Waals surface area contributed by atoms with Crippen molar-refractivity contribution in [1.82, 2.24) is 10.1 Å². The molecule has 0 radical (unpaired) electrons. The van der Waals surface area contributed by atoms with Crippen molar-refractivity contribution in [3.05, 3.63) is 41.0 Å². The summed E-state index contributed by atoms with van der Waals surface area (Å²) in [6.45, 7) is 3.76. The smallest absolute Gasteiger partial charge is 0.323 e. The molecule has 0 fully saturated rings. The normalized spacial score (nSPS) is 10.8. The molecule has 0 spiro atoms. The van der Waals surface area contributed by atoms with Crippen molar-refractivity contribution in [2.75, 3.05) is 13.1 Å². The molecule has 2 rings (SSSR count). The molecule has 7 heteroatoms. The minimum absolute atomic E-state index is 0.0712. The number of aliphatic carboxylic acids is 1. The fourth-order valence-electron chi connectivity index (χ4n) is 2.14. The van der Waals surface area contributed by atoms with Crippen molar-refractivity contribution in [3.8, 4) is 11.3 Å². The maximum Gasteiger partial charge on any atom is 0.323 e. The van der Waals surface area contributed by atoms with Crippen LogP contribution in [-0.2, 0) is 4.79 Å². The van der Waals surface area contributed by atoms with E-state index in [1.165, 1.54) is 11.0 Å². The third-order valence-electron chi connectivity index (χ3n) is 3.04. The summed E-state index contributed by atoms with van der Waals surface area (Å²) in [5.74, 6) is -1.01. The second-order valence-corrected chi connectivity index (χ2v) is 6.00. The van der Waals surface area contributed by atoms with E-state index in [0.29, 0.717) is 22.9 Å². The monoisotopic (exact) mass is 336 g/mol. The van der Waals surface area contributed by atoms with E-state index in [1.54, 1.807) is 24.3 Å². The minimum Gasteiger partial charge on any atom is -0.480 e. The van der Waals surface area contributed by atoms with Crippen LogP contribution >= 0.6 is 11.6 Å². The Hall–Kier alpha value is -2.34. The molecule has 0 aliphatic heterocycles. The second-order valence-electron chi connectivity index (χ2n) is 5.56. The lowest BCUT2D eigenvalue weighted by atomic mass is 10.1. The molecule has 1 aromatic heterocycles. The molecule has 2 aromatic rings. The predicted octanol–water partition coefficient (Wildman–Crippen LogP) is 3.18. The van der Waals surface area contributed by atoms with E-state index >= 15 is 0 Å². The van der Waals surface area contributed by atoms with Gasteiger partial charge in [0.15, 0.2) is 11.5 Å². The number of nitrogens with zero attached hydrogens (tertiary/aromatic N) is 2. The lowest BCUT2D eigenvalue weighted by Gasteiger charge is -2.21. The molecule has 122 valence electrons. The average Bonchev–Trinajstić information content (AvgIpc) is 2.94. The van der Waals surface area contributed by atoms with Crippen LogP contribution in [0, 0.1) is 5.92 Å². The third-order valence-corrected chi connectivity index (χ3v) is 3.27. The Bertz CT molecular complexity index is 712. The molecule has 0 saturated carbocycles. The molecule has 0 aliphatic carbocycles. The molecule has 0 bridgehead atoms. The molecule has 1 N–H and O–H groups in total. The zero-order valence-corrected chi connectivity index (χ0v) is 13.6. The summed E-state index contributed by atoms with van der Waals surface area (Å²) >= 11 is 5.93. The highest BCUT2D eigenvalue weighted by atomic mass is 35.5. The Morgan fingerprint density at radius 2 is 2.09 bits per heavy atom. The summed E-state index contributed by atoms with van der Waals surface area (Å²) in [6.07, 6.45) is 0. The first-order chi connectivity index (χ1) is 10.9. The van der Waals surface area contributed by atoms with Gasteiger partial charge in [-0.2, -0.15) is 0 Å². The van der Waals surface area contributed by atoms with Gasteiger partial charge in [-0.25, -0.2) is 0 Å². The van der Waals surface area contributed by atoms with Crippen LogP contribution in [-0.4, -0.2) is 40.1 Å². The van der Waals surface area contributed by atoms with Crippen LogP contribution < -0.4 is 0 Å². The summed E-state index contributed by atoms with van der Waals surface area (Å²) < 4.78 is 5.18. The van der Waals surface area contributed by atoms with E-state index in [-0.39, 0.29) is 18.2 Å². The van der Waals surface area contributed by atoms with Gasteiger partial charge in [-0.05, 0) is 18.1 Å². The van der Waals surface area contributed by atoms with Gasteiger partial charge in [-0.1, -0.05) is 42.7 Å². The lowest BCUT2D eigenvalue weighted by Crippen LogP contribution is -2.38. The first-order valence-electron chi connectivity index (χ1n) is 7.10. The summed E-state index contributed by atoms with van der Waals surface area (Å²) in [4.78, 5) is 24.6. The first-order valence-corrected chi connectivity index (χ1v) is 7.48. The minimum atomic E-state index is -1.07. The number of halogens is 1. The van der Waals surface area contributed by atoms with Crippen LogP contribution in [0.15, 0.2) is 34.9 Å². The van der Waals surface area contributed by atoms with E-state index in [1.807, 2.05) is 13.8 Å². The van der Waals surface area contributed by atoms with Gasteiger partial charge in [0.2, 0.25) is 0 Å². The lowest BCUT2D eigenvalue weighted by molar-refractivity contribution is -0.137. The number of carbonyl (C=O) groups excluding carboxylic acids is 1. The molecule has 0 unspecified atom stereocenters. The van der Waals surface area contributed by atoms with Crippen molar-refractivity contribution in [3.63, 3.8) is 0 Å².